The van der Waals surface area contributed by atoms with E-state index in [1.54, 1.807) is 0 Å². The molecule has 0 unspecified atom stereocenters. The van der Waals surface area contributed by atoms with Crippen molar-refractivity contribution >= 4 is 29.2 Å². The maximum Gasteiger partial charge on any atom is 0.320 e. The Morgan fingerprint density at radius 3 is 2.44 bits per heavy atom. The number of unbranched alkanes of at least 4 members (excludes halogenated alkanes) is 1. The van der Waals surface area contributed by atoms with Gasteiger partial charge in [0, 0.05) is 17.4 Å². The molecule has 1 fully saturated rings. The molecule has 234 valence electrons. The highest BCUT2D eigenvalue weighted by Crippen LogP contribution is 2.57. The van der Waals surface area contributed by atoms with Crippen molar-refractivity contribution < 1.29 is 49.8 Å². The number of rotatable bonds is 10. The van der Waals surface area contributed by atoms with Crippen LogP contribution in [0.5, 0.6) is 5.75 Å². The van der Waals surface area contributed by atoms with Gasteiger partial charge in [-0.1, -0.05) is 18.6 Å². The fourth-order valence-corrected chi connectivity index (χ4v) is 6.54. The molecular formula is C29H38N4O10. The number of fused-ring (bicyclic) bond motifs is 3. The standard InChI is InChI=1S/C29H38N4O10/c1-28(42)13-7-6-9-17(34)18(13)22(35)19-14(28)11-15-21(33(2)3)23(36)20(25(38)29(15,43)24(19)37)26(39)32-12-31-10-5-4-8-16(30)27(40)41/h6-7,9,14-16,21,31,34-35,38,42-43H,4-5,8,10-12,30H2,1-3H3,(H,32,39)(H,40,41)/t14-,15-,16+,21+,28+,29-/m1/s1. The number of ketones is 2. The zero-order valence-electron chi connectivity index (χ0n) is 24.1. The number of hydrogen-bond donors (Lipinski definition) is 9. The molecule has 1 amide bonds. The van der Waals surface area contributed by atoms with Crippen molar-refractivity contribution in [2.75, 3.05) is 27.3 Å². The Balaban J connectivity index is 1.64. The van der Waals surface area contributed by atoms with Crippen LogP contribution in [-0.2, 0) is 24.8 Å². The number of hydrogen-bond acceptors (Lipinski definition) is 12. The number of nitrogens with one attached hydrogen (secondary N) is 2. The number of carboxylic acid groups (broad SMARTS) is 1. The van der Waals surface area contributed by atoms with Crippen molar-refractivity contribution in [2.45, 2.75) is 55.9 Å². The molecule has 0 heterocycles. The second kappa shape index (κ2) is 11.7. The molecule has 1 saturated carbocycles. The van der Waals surface area contributed by atoms with Gasteiger partial charge in [-0.05, 0) is 58.5 Å². The zero-order valence-corrected chi connectivity index (χ0v) is 24.1. The number of aliphatic hydroxyl groups is 4. The van der Waals surface area contributed by atoms with Gasteiger partial charge in [-0.15, -0.1) is 0 Å². The zero-order chi connectivity index (χ0) is 32.0. The molecule has 3 aliphatic rings. The lowest BCUT2D eigenvalue weighted by atomic mass is 9.54. The van der Waals surface area contributed by atoms with Crippen molar-refractivity contribution in [2.24, 2.45) is 17.6 Å². The van der Waals surface area contributed by atoms with E-state index in [9.17, 15) is 44.7 Å². The monoisotopic (exact) mass is 602 g/mol. The fraction of sp³-hybridized carbons (Fsp3) is 0.517. The number of nitrogens with two attached hydrogens (primary N) is 1. The predicted molar refractivity (Wildman–Crippen MR) is 151 cm³/mol. The average molecular weight is 603 g/mol. The third-order valence-corrected chi connectivity index (χ3v) is 8.81. The van der Waals surface area contributed by atoms with Gasteiger partial charge in [-0.3, -0.25) is 29.4 Å². The van der Waals surface area contributed by atoms with Crippen molar-refractivity contribution in [1.82, 2.24) is 15.5 Å². The summed E-state index contributed by atoms with van der Waals surface area (Å²) < 4.78 is 0. The van der Waals surface area contributed by atoms with Crippen molar-refractivity contribution in [3.05, 3.63) is 46.2 Å². The van der Waals surface area contributed by atoms with Crippen LogP contribution in [-0.4, -0.2) is 104 Å². The van der Waals surface area contributed by atoms with Crippen molar-refractivity contribution in [3.8, 4) is 5.75 Å². The minimum Gasteiger partial charge on any atom is -0.508 e. The van der Waals surface area contributed by atoms with Gasteiger partial charge in [0.1, 0.15) is 28.9 Å². The molecule has 0 radical (unpaired) electrons. The lowest BCUT2D eigenvalue weighted by Crippen LogP contribution is -2.67. The van der Waals surface area contributed by atoms with Crippen LogP contribution in [0.1, 0.15) is 43.7 Å². The van der Waals surface area contributed by atoms with Crippen molar-refractivity contribution in [3.63, 3.8) is 0 Å². The van der Waals surface area contributed by atoms with E-state index in [0.717, 1.165) is 0 Å². The summed E-state index contributed by atoms with van der Waals surface area (Å²) >= 11 is 0. The molecule has 0 spiro atoms. The lowest BCUT2D eigenvalue weighted by molar-refractivity contribution is -0.159. The molecule has 10 N–H and O–H groups in total. The highest BCUT2D eigenvalue weighted by Gasteiger charge is 2.66. The Labute approximate surface area is 247 Å². The van der Waals surface area contributed by atoms with Crippen LogP contribution in [0.15, 0.2) is 35.1 Å². The second-order valence-corrected chi connectivity index (χ2v) is 11.7. The first-order valence-electron chi connectivity index (χ1n) is 14.0. The summed E-state index contributed by atoms with van der Waals surface area (Å²) in [4.78, 5) is 53.1. The summed E-state index contributed by atoms with van der Waals surface area (Å²) in [6.45, 7) is 1.63. The van der Waals surface area contributed by atoms with Gasteiger partial charge >= 0.3 is 5.97 Å². The van der Waals surface area contributed by atoms with Crippen LogP contribution in [0.25, 0.3) is 5.76 Å². The summed E-state index contributed by atoms with van der Waals surface area (Å²) in [5, 5.41) is 70.6. The number of Topliss-reactive ketones (excluding diaryl/α,β-unsaturated/α-hetero) is 2. The van der Waals surface area contributed by atoms with Gasteiger partial charge in [0.2, 0.25) is 5.78 Å². The first-order valence-corrected chi connectivity index (χ1v) is 14.0. The number of phenolic OH excluding ortho intramolecular Hbond substituents is 1. The van der Waals surface area contributed by atoms with Crippen LogP contribution >= 0.6 is 0 Å². The minimum absolute atomic E-state index is 0.150. The summed E-state index contributed by atoms with van der Waals surface area (Å²) in [6.07, 6.45) is 1.10. The lowest BCUT2D eigenvalue weighted by Gasteiger charge is -2.53. The number of carboxylic acids is 1. The van der Waals surface area contributed by atoms with Crippen LogP contribution in [0.3, 0.4) is 0 Å². The summed E-state index contributed by atoms with van der Waals surface area (Å²) in [5.74, 6) is -8.84. The molecule has 3 aliphatic carbocycles. The number of aliphatic carboxylic acids is 1. The van der Waals surface area contributed by atoms with Gasteiger partial charge < -0.3 is 41.7 Å². The van der Waals surface area contributed by atoms with Crippen molar-refractivity contribution in [1.29, 1.82) is 0 Å². The topological polar surface area (TPSA) is 243 Å². The third-order valence-electron chi connectivity index (χ3n) is 8.81. The molecule has 14 heteroatoms. The van der Waals surface area contributed by atoms with E-state index in [0.29, 0.717) is 19.4 Å². The van der Waals surface area contributed by atoms with Crippen LogP contribution < -0.4 is 16.4 Å². The summed E-state index contributed by atoms with van der Waals surface area (Å²) in [6, 6.07) is 1.99. The molecule has 0 saturated heterocycles. The highest BCUT2D eigenvalue weighted by molar-refractivity contribution is 6.25. The summed E-state index contributed by atoms with van der Waals surface area (Å²) in [5.41, 5.74) is -0.436. The molecule has 0 aromatic heterocycles. The highest BCUT2D eigenvalue weighted by atomic mass is 16.4. The molecule has 0 aliphatic heterocycles. The number of phenols is 1. The molecule has 6 atom stereocenters. The first-order chi connectivity index (χ1) is 20.1. The number of benzene rings is 1. The average Bonchev–Trinajstić information content (AvgIpc) is 2.92. The number of carbonyl (C=O) groups is 4. The number of nitrogens with zero attached hydrogens (tertiary/aromatic N) is 1. The van der Waals surface area contributed by atoms with E-state index in [2.05, 4.69) is 10.6 Å². The number of amides is 1. The van der Waals surface area contributed by atoms with E-state index in [-0.39, 0.29) is 30.6 Å². The van der Waals surface area contributed by atoms with E-state index < -0.39 is 87.0 Å². The van der Waals surface area contributed by atoms with Crippen LogP contribution in [0, 0.1) is 11.8 Å². The smallest absolute Gasteiger partial charge is 0.320 e. The van der Waals surface area contributed by atoms with E-state index >= 15 is 0 Å². The predicted octanol–water partition coefficient (Wildman–Crippen LogP) is -0.611. The van der Waals surface area contributed by atoms with Gasteiger partial charge in [-0.25, -0.2) is 0 Å². The van der Waals surface area contributed by atoms with Crippen LogP contribution in [0.2, 0.25) is 0 Å². The maximum absolute atomic E-state index is 14.1. The Bertz CT molecular complexity index is 1420. The maximum atomic E-state index is 14.1. The fourth-order valence-electron chi connectivity index (χ4n) is 6.54. The Morgan fingerprint density at radius 1 is 1.14 bits per heavy atom. The van der Waals surface area contributed by atoms with Gasteiger partial charge in [0.05, 0.1) is 23.9 Å². The number of carbonyl (C=O) groups excluding carboxylic acids is 3. The largest absolute Gasteiger partial charge is 0.508 e. The SMILES string of the molecule is CN(C)[C@@H]1C(=O)C(C(=O)NCNCCCC[C@H](N)C(=O)O)=C(O)[C@]2(O)C(=O)C3=C(O)c4c(O)cccc4[C@](C)(O)[C@@H]3C[C@H]12. The number of likely N-dealkylation sites (N-methyl/N-ethyl adjacent to an activating group) is 1. The summed E-state index contributed by atoms with van der Waals surface area (Å²) in [7, 11) is 3.02. The molecule has 0 bridgehead atoms. The Hall–Kier alpha value is -3.82. The minimum atomic E-state index is -2.80. The third kappa shape index (κ3) is 5.18. The van der Waals surface area contributed by atoms with Crippen LogP contribution in [0.4, 0.5) is 0 Å². The Morgan fingerprint density at radius 2 is 1.81 bits per heavy atom. The normalized spacial score (nSPS) is 29.2. The Kier molecular flexibility index (Phi) is 8.73. The molecule has 1 aromatic carbocycles. The van der Waals surface area contributed by atoms with E-state index in [1.165, 1.54) is 44.1 Å². The molecule has 14 nitrogen and oxygen atoms in total. The first kappa shape index (κ1) is 32.1. The second-order valence-electron chi connectivity index (χ2n) is 11.7. The van der Waals surface area contributed by atoms with E-state index in [4.69, 9.17) is 10.8 Å². The molecule has 43 heavy (non-hydrogen) atoms. The number of aromatic hydroxyl groups is 1. The molecule has 1 aromatic rings. The quantitative estimate of drug-likeness (QED) is 0.0923. The van der Waals surface area contributed by atoms with Gasteiger partial charge in [0.15, 0.2) is 11.4 Å². The van der Waals surface area contributed by atoms with Gasteiger partial charge in [0.25, 0.3) is 5.91 Å². The molecule has 4 rings (SSSR count). The van der Waals surface area contributed by atoms with Gasteiger partial charge in [-0.2, -0.15) is 0 Å². The number of aliphatic hydroxyl groups excluding tert-OH is 2. The molecular weight excluding hydrogens is 564 g/mol. The van der Waals surface area contributed by atoms with E-state index in [1.807, 2.05) is 0 Å².